The summed E-state index contributed by atoms with van der Waals surface area (Å²) in [4.78, 5) is 11.5. The highest BCUT2D eigenvalue weighted by Crippen LogP contribution is 2.11. The fourth-order valence-corrected chi connectivity index (χ4v) is 1.59. The monoisotopic (exact) mass is 252 g/mol. The van der Waals surface area contributed by atoms with E-state index >= 15 is 0 Å². The highest BCUT2D eigenvalue weighted by Gasteiger charge is 2.05. The van der Waals surface area contributed by atoms with Gasteiger partial charge in [-0.2, -0.15) is 0 Å². The summed E-state index contributed by atoms with van der Waals surface area (Å²) in [6.45, 7) is 5.37. The number of nitrogens with one attached hydrogen (secondary N) is 2. The van der Waals surface area contributed by atoms with Crippen LogP contribution in [0.2, 0.25) is 0 Å². The first-order chi connectivity index (χ1) is 8.59. The predicted molar refractivity (Wildman–Crippen MR) is 72.0 cm³/mol. The Labute approximate surface area is 108 Å². The van der Waals surface area contributed by atoms with Gasteiger partial charge < -0.3 is 10.6 Å². The van der Waals surface area contributed by atoms with Crippen molar-refractivity contribution in [3.8, 4) is 0 Å². The maximum absolute atomic E-state index is 13.2. The predicted octanol–water partition coefficient (Wildman–Crippen LogP) is 2.79. The van der Waals surface area contributed by atoms with Gasteiger partial charge in [-0.15, -0.1) is 0 Å². The minimum absolute atomic E-state index is 0.215. The molecule has 0 bridgehead atoms. The Morgan fingerprint density at radius 1 is 1.33 bits per heavy atom. The van der Waals surface area contributed by atoms with Crippen molar-refractivity contribution in [3.05, 3.63) is 30.1 Å². The van der Waals surface area contributed by atoms with E-state index in [-0.39, 0.29) is 18.1 Å². The normalized spacial score (nSPS) is 10.7. The summed E-state index contributed by atoms with van der Waals surface area (Å²) in [7, 11) is 0. The molecule has 0 aliphatic carbocycles. The van der Waals surface area contributed by atoms with Gasteiger partial charge in [0.2, 0.25) is 5.91 Å². The van der Waals surface area contributed by atoms with Gasteiger partial charge in [-0.1, -0.05) is 26.0 Å². The summed E-state index contributed by atoms with van der Waals surface area (Å²) in [5.41, 5.74) is 0.228. The number of benzene rings is 1. The molecule has 0 saturated carbocycles. The molecule has 2 N–H and O–H groups in total. The number of carbonyl (C=O) groups is 1. The fourth-order valence-electron chi connectivity index (χ4n) is 1.59. The molecule has 0 saturated heterocycles. The van der Waals surface area contributed by atoms with Crippen molar-refractivity contribution in [1.82, 2.24) is 5.32 Å². The van der Waals surface area contributed by atoms with Crippen molar-refractivity contribution in [1.29, 1.82) is 0 Å². The number of rotatable bonds is 7. The van der Waals surface area contributed by atoms with E-state index < -0.39 is 5.82 Å². The van der Waals surface area contributed by atoms with Crippen LogP contribution in [-0.4, -0.2) is 19.0 Å². The third-order valence-electron chi connectivity index (χ3n) is 2.57. The van der Waals surface area contributed by atoms with E-state index in [9.17, 15) is 9.18 Å². The molecular formula is C14H21FN2O. The van der Waals surface area contributed by atoms with Gasteiger partial charge in [-0.3, -0.25) is 4.79 Å². The van der Waals surface area contributed by atoms with Crippen molar-refractivity contribution in [2.24, 2.45) is 5.92 Å². The molecule has 0 unspecified atom stereocenters. The summed E-state index contributed by atoms with van der Waals surface area (Å²) in [5.74, 6) is 0.0503. The molecule has 1 aromatic rings. The third-order valence-corrected chi connectivity index (χ3v) is 2.57. The van der Waals surface area contributed by atoms with E-state index in [1.807, 2.05) is 0 Å². The zero-order valence-corrected chi connectivity index (χ0v) is 11.0. The standard InChI is InChI=1S/C14H21FN2O/c1-11(2)6-5-9-16-10-14(18)17-13-8-4-3-7-12(13)15/h3-4,7-8,11,16H,5-6,9-10H2,1-2H3,(H,17,18). The quantitative estimate of drug-likeness (QED) is 0.733. The van der Waals surface area contributed by atoms with Gasteiger partial charge in [-0.25, -0.2) is 4.39 Å². The van der Waals surface area contributed by atoms with Crippen LogP contribution in [-0.2, 0) is 4.79 Å². The molecule has 1 aromatic carbocycles. The second-order valence-corrected chi connectivity index (χ2v) is 4.74. The molecule has 3 nitrogen and oxygen atoms in total. The Morgan fingerprint density at radius 2 is 2.06 bits per heavy atom. The number of halogens is 1. The lowest BCUT2D eigenvalue weighted by Gasteiger charge is -2.08. The van der Waals surface area contributed by atoms with Gasteiger partial charge in [0, 0.05) is 0 Å². The zero-order valence-electron chi connectivity index (χ0n) is 11.0. The van der Waals surface area contributed by atoms with Crippen LogP contribution in [0, 0.1) is 11.7 Å². The van der Waals surface area contributed by atoms with Crippen LogP contribution in [0.1, 0.15) is 26.7 Å². The van der Waals surface area contributed by atoms with E-state index in [4.69, 9.17) is 0 Å². The van der Waals surface area contributed by atoms with Crippen LogP contribution in [0.5, 0.6) is 0 Å². The molecule has 0 radical (unpaired) electrons. The van der Waals surface area contributed by atoms with Crippen LogP contribution in [0.4, 0.5) is 10.1 Å². The summed E-state index contributed by atoms with van der Waals surface area (Å²) in [6.07, 6.45) is 2.19. The van der Waals surface area contributed by atoms with Crippen molar-refractivity contribution in [3.63, 3.8) is 0 Å². The molecule has 0 spiro atoms. The molecule has 1 rings (SSSR count). The number of carbonyl (C=O) groups excluding carboxylic acids is 1. The van der Waals surface area contributed by atoms with Crippen molar-refractivity contribution in [2.75, 3.05) is 18.4 Å². The summed E-state index contributed by atoms with van der Waals surface area (Å²) in [5, 5.41) is 5.58. The number of hydrogen-bond donors (Lipinski definition) is 2. The molecule has 0 aliphatic heterocycles. The van der Waals surface area contributed by atoms with Gasteiger partial charge in [0.25, 0.3) is 0 Å². The lowest BCUT2D eigenvalue weighted by atomic mass is 10.1. The molecule has 0 heterocycles. The van der Waals surface area contributed by atoms with Crippen LogP contribution < -0.4 is 10.6 Å². The van der Waals surface area contributed by atoms with Gasteiger partial charge >= 0.3 is 0 Å². The fraction of sp³-hybridized carbons (Fsp3) is 0.500. The van der Waals surface area contributed by atoms with Crippen LogP contribution in [0.25, 0.3) is 0 Å². The first kappa shape index (κ1) is 14.6. The average molecular weight is 252 g/mol. The molecule has 18 heavy (non-hydrogen) atoms. The lowest BCUT2D eigenvalue weighted by molar-refractivity contribution is -0.115. The second kappa shape index (κ2) is 7.82. The van der Waals surface area contributed by atoms with E-state index in [0.717, 1.165) is 19.4 Å². The summed E-state index contributed by atoms with van der Waals surface area (Å²) < 4.78 is 13.2. The molecule has 4 heteroatoms. The summed E-state index contributed by atoms with van der Waals surface area (Å²) >= 11 is 0. The number of hydrogen-bond acceptors (Lipinski definition) is 2. The number of anilines is 1. The minimum atomic E-state index is -0.411. The Balaban J connectivity index is 2.20. The van der Waals surface area contributed by atoms with Gasteiger partial charge in [0.05, 0.1) is 12.2 Å². The van der Waals surface area contributed by atoms with Gasteiger partial charge in [0.1, 0.15) is 5.82 Å². The first-order valence-corrected chi connectivity index (χ1v) is 6.34. The Bertz CT molecular complexity index is 380. The minimum Gasteiger partial charge on any atom is -0.322 e. The number of para-hydroxylation sites is 1. The molecule has 1 amide bonds. The number of amides is 1. The molecular weight excluding hydrogens is 231 g/mol. The zero-order chi connectivity index (χ0) is 13.4. The highest BCUT2D eigenvalue weighted by molar-refractivity contribution is 5.92. The SMILES string of the molecule is CC(C)CCCNCC(=O)Nc1ccccc1F. The molecule has 0 fully saturated rings. The maximum atomic E-state index is 13.2. The molecule has 100 valence electrons. The van der Waals surface area contributed by atoms with Crippen molar-refractivity contribution < 1.29 is 9.18 Å². The van der Waals surface area contributed by atoms with E-state index in [1.165, 1.54) is 6.07 Å². The Morgan fingerprint density at radius 3 is 2.72 bits per heavy atom. The van der Waals surface area contributed by atoms with E-state index in [0.29, 0.717) is 5.92 Å². The average Bonchev–Trinajstić information content (AvgIpc) is 2.31. The smallest absolute Gasteiger partial charge is 0.238 e. The summed E-state index contributed by atoms with van der Waals surface area (Å²) in [6, 6.07) is 6.15. The topological polar surface area (TPSA) is 41.1 Å². The van der Waals surface area contributed by atoms with Crippen LogP contribution >= 0.6 is 0 Å². The van der Waals surface area contributed by atoms with E-state index in [2.05, 4.69) is 24.5 Å². The van der Waals surface area contributed by atoms with Crippen molar-refractivity contribution >= 4 is 11.6 Å². The van der Waals surface area contributed by atoms with Gasteiger partial charge in [-0.05, 0) is 37.4 Å². The first-order valence-electron chi connectivity index (χ1n) is 6.34. The van der Waals surface area contributed by atoms with E-state index in [1.54, 1.807) is 18.2 Å². The molecule has 0 atom stereocenters. The lowest BCUT2D eigenvalue weighted by Crippen LogP contribution is -2.29. The van der Waals surface area contributed by atoms with Gasteiger partial charge in [0.15, 0.2) is 0 Å². The Kier molecular flexibility index (Phi) is 6.36. The Hall–Kier alpha value is -1.42. The largest absolute Gasteiger partial charge is 0.322 e. The van der Waals surface area contributed by atoms with Crippen LogP contribution in [0.15, 0.2) is 24.3 Å². The maximum Gasteiger partial charge on any atom is 0.238 e. The third kappa shape index (κ3) is 5.77. The highest BCUT2D eigenvalue weighted by atomic mass is 19.1. The molecule has 0 aromatic heterocycles. The second-order valence-electron chi connectivity index (χ2n) is 4.74. The molecule has 0 aliphatic rings. The van der Waals surface area contributed by atoms with Crippen LogP contribution in [0.3, 0.4) is 0 Å². The van der Waals surface area contributed by atoms with Crippen molar-refractivity contribution in [2.45, 2.75) is 26.7 Å².